The van der Waals surface area contributed by atoms with E-state index in [2.05, 4.69) is 4.98 Å². The normalized spacial score (nSPS) is 11.5. The smallest absolute Gasteiger partial charge is 0.203 e. The monoisotopic (exact) mass is 369 g/mol. The number of H-pyrrole nitrogens is 1. The molecule has 0 atom stereocenters. The summed E-state index contributed by atoms with van der Waals surface area (Å²) in [6.07, 6.45) is 3.47. The zero-order chi connectivity index (χ0) is 19.6. The van der Waals surface area contributed by atoms with Gasteiger partial charge in [-0.25, -0.2) is 4.39 Å². The molecule has 0 aliphatic heterocycles. The highest BCUT2D eigenvalue weighted by atomic mass is 19.1. The quantitative estimate of drug-likeness (QED) is 0.509. The molecule has 1 heterocycles. The Kier molecular flexibility index (Phi) is 5.16. The number of fused-ring (bicyclic) bond motifs is 1. The van der Waals surface area contributed by atoms with Crippen LogP contribution in [0.5, 0.6) is 17.2 Å². The number of aromatic nitrogens is 1. The van der Waals surface area contributed by atoms with Crippen LogP contribution >= 0.6 is 0 Å². The number of aromatic amines is 1. The molecule has 0 bridgehead atoms. The highest BCUT2D eigenvalue weighted by molar-refractivity contribution is 6.12. The first-order valence-electron chi connectivity index (χ1n) is 8.28. The predicted octanol–water partition coefficient (Wildman–Crippen LogP) is 4.62. The van der Waals surface area contributed by atoms with Crippen molar-refractivity contribution in [1.29, 1.82) is 0 Å². The number of hydrogen-bond donors (Lipinski definition) is 1. The van der Waals surface area contributed by atoms with Crippen molar-refractivity contribution in [2.24, 2.45) is 0 Å². The standard InChI is InChI=1S/C21H20FNO4/c1-12(7-14-11-23-17-6-5-15(22)10-16(14)17)20(24)13-8-18(25-2)21(27-4)19(9-13)26-3/h5-11,23H,1-4H3/b12-7+. The molecule has 0 saturated heterocycles. The Morgan fingerprint density at radius 2 is 1.70 bits per heavy atom. The SMILES string of the molecule is COc1cc(C(=O)/C(C)=C/c2c[nH]c3ccc(F)cc23)cc(OC)c1OC. The van der Waals surface area contributed by atoms with Crippen molar-refractivity contribution in [3.63, 3.8) is 0 Å². The first-order chi connectivity index (χ1) is 13.0. The van der Waals surface area contributed by atoms with Crippen molar-refractivity contribution in [2.75, 3.05) is 21.3 Å². The number of benzene rings is 2. The third kappa shape index (κ3) is 3.51. The van der Waals surface area contributed by atoms with E-state index in [1.165, 1.54) is 33.5 Å². The Balaban J connectivity index is 2.02. The van der Waals surface area contributed by atoms with E-state index in [1.54, 1.807) is 37.4 Å². The van der Waals surface area contributed by atoms with E-state index in [-0.39, 0.29) is 11.6 Å². The molecule has 0 radical (unpaired) electrons. The minimum atomic E-state index is -0.328. The molecule has 5 nitrogen and oxygen atoms in total. The molecule has 0 saturated carbocycles. The Morgan fingerprint density at radius 1 is 1.04 bits per heavy atom. The topological polar surface area (TPSA) is 60.6 Å². The number of Topliss-reactive ketones (excluding diaryl/α,β-unsaturated/α-hetero) is 1. The lowest BCUT2D eigenvalue weighted by atomic mass is 10.0. The summed E-state index contributed by atoms with van der Waals surface area (Å²) in [4.78, 5) is 16.0. The highest BCUT2D eigenvalue weighted by Crippen LogP contribution is 2.38. The van der Waals surface area contributed by atoms with Crippen molar-refractivity contribution in [3.05, 3.63) is 59.0 Å². The van der Waals surface area contributed by atoms with Gasteiger partial charge in [0.25, 0.3) is 0 Å². The van der Waals surface area contributed by atoms with E-state index in [0.29, 0.717) is 33.8 Å². The molecule has 0 aliphatic carbocycles. The summed E-state index contributed by atoms with van der Waals surface area (Å²) < 4.78 is 29.4. The minimum Gasteiger partial charge on any atom is -0.493 e. The van der Waals surface area contributed by atoms with Crippen LogP contribution in [-0.2, 0) is 0 Å². The Labute approximate surface area is 156 Å². The van der Waals surface area contributed by atoms with Crippen LogP contribution in [0.25, 0.3) is 17.0 Å². The number of carbonyl (C=O) groups is 1. The van der Waals surface area contributed by atoms with Crippen LogP contribution in [0.15, 0.2) is 42.1 Å². The summed E-state index contributed by atoms with van der Waals surface area (Å²) >= 11 is 0. The number of nitrogens with one attached hydrogen (secondary N) is 1. The summed E-state index contributed by atoms with van der Waals surface area (Å²) in [6, 6.07) is 7.71. The van der Waals surface area contributed by atoms with E-state index >= 15 is 0 Å². The molecule has 27 heavy (non-hydrogen) atoms. The van der Waals surface area contributed by atoms with Gasteiger partial charge in [-0.2, -0.15) is 0 Å². The molecule has 3 aromatic rings. The van der Waals surface area contributed by atoms with Crippen LogP contribution in [0.1, 0.15) is 22.8 Å². The minimum absolute atomic E-state index is 0.194. The van der Waals surface area contributed by atoms with Gasteiger partial charge in [0.1, 0.15) is 5.82 Å². The molecular formula is C21H20FNO4. The van der Waals surface area contributed by atoms with E-state index in [1.807, 2.05) is 0 Å². The van der Waals surface area contributed by atoms with Gasteiger partial charge in [0.15, 0.2) is 17.3 Å². The largest absolute Gasteiger partial charge is 0.493 e. The first kappa shape index (κ1) is 18.5. The van der Waals surface area contributed by atoms with Gasteiger partial charge in [0.05, 0.1) is 21.3 Å². The average Bonchev–Trinajstić information content (AvgIpc) is 3.07. The second kappa shape index (κ2) is 7.53. The fourth-order valence-electron chi connectivity index (χ4n) is 2.97. The third-order valence-corrected chi connectivity index (χ3v) is 4.33. The summed E-state index contributed by atoms with van der Waals surface area (Å²) in [6.45, 7) is 1.71. The molecular weight excluding hydrogens is 349 g/mol. The van der Waals surface area contributed by atoms with Crippen LogP contribution in [0.2, 0.25) is 0 Å². The molecule has 6 heteroatoms. The fourth-order valence-corrected chi connectivity index (χ4v) is 2.97. The van der Waals surface area contributed by atoms with E-state index in [4.69, 9.17) is 14.2 Å². The van der Waals surface area contributed by atoms with Crippen molar-refractivity contribution in [2.45, 2.75) is 6.92 Å². The van der Waals surface area contributed by atoms with E-state index < -0.39 is 0 Å². The third-order valence-electron chi connectivity index (χ3n) is 4.33. The van der Waals surface area contributed by atoms with Crippen LogP contribution < -0.4 is 14.2 Å². The molecule has 1 aromatic heterocycles. The van der Waals surface area contributed by atoms with Gasteiger partial charge in [-0.15, -0.1) is 0 Å². The maximum absolute atomic E-state index is 13.6. The molecule has 3 rings (SSSR count). The van der Waals surface area contributed by atoms with Crippen molar-refractivity contribution >= 4 is 22.8 Å². The molecule has 140 valence electrons. The van der Waals surface area contributed by atoms with Gasteiger partial charge >= 0.3 is 0 Å². The van der Waals surface area contributed by atoms with Gasteiger partial charge < -0.3 is 19.2 Å². The van der Waals surface area contributed by atoms with Crippen LogP contribution in [0.3, 0.4) is 0 Å². The Hall–Kier alpha value is -3.28. The van der Waals surface area contributed by atoms with E-state index in [0.717, 1.165) is 11.1 Å². The maximum Gasteiger partial charge on any atom is 0.203 e. The van der Waals surface area contributed by atoms with E-state index in [9.17, 15) is 9.18 Å². The molecule has 0 amide bonds. The van der Waals surface area contributed by atoms with Crippen LogP contribution in [-0.4, -0.2) is 32.1 Å². The lowest BCUT2D eigenvalue weighted by Gasteiger charge is -2.13. The number of ether oxygens (including phenoxy) is 3. The lowest BCUT2D eigenvalue weighted by molar-refractivity contribution is 0.103. The second-order valence-electron chi connectivity index (χ2n) is 6.00. The zero-order valence-corrected chi connectivity index (χ0v) is 15.6. The molecule has 0 fully saturated rings. The second-order valence-corrected chi connectivity index (χ2v) is 6.00. The number of methoxy groups -OCH3 is 3. The number of hydrogen-bond acceptors (Lipinski definition) is 4. The lowest BCUT2D eigenvalue weighted by Crippen LogP contribution is -2.03. The number of ketones is 1. The number of allylic oxidation sites excluding steroid dienone is 1. The average molecular weight is 369 g/mol. The summed E-state index contributed by atoms with van der Waals surface area (Å²) in [5.41, 5.74) is 2.44. The summed E-state index contributed by atoms with van der Waals surface area (Å²) in [5, 5.41) is 0.715. The first-order valence-corrected chi connectivity index (χ1v) is 8.28. The van der Waals surface area contributed by atoms with Gasteiger partial charge in [-0.1, -0.05) is 0 Å². The summed E-state index contributed by atoms with van der Waals surface area (Å²) in [7, 11) is 4.49. The highest BCUT2D eigenvalue weighted by Gasteiger charge is 2.18. The fraction of sp³-hybridized carbons (Fsp3) is 0.190. The molecule has 0 spiro atoms. The van der Waals surface area contributed by atoms with Crippen molar-refractivity contribution in [3.8, 4) is 17.2 Å². The van der Waals surface area contributed by atoms with Gasteiger partial charge in [0.2, 0.25) is 5.75 Å². The van der Waals surface area contributed by atoms with Gasteiger partial charge in [-0.3, -0.25) is 4.79 Å². The predicted molar refractivity (Wildman–Crippen MR) is 102 cm³/mol. The van der Waals surface area contributed by atoms with Gasteiger partial charge in [0, 0.05) is 28.2 Å². The molecule has 2 aromatic carbocycles. The zero-order valence-electron chi connectivity index (χ0n) is 15.6. The van der Waals surface area contributed by atoms with Crippen molar-refractivity contribution in [1.82, 2.24) is 4.98 Å². The maximum atomic E-state index is 13.6. The molecule has 0 unspecified atom stereocenters. The number of carbonyl (C=O) groups excluding carboxylic acids is 1. The van der Waals surface area contributed by atoms with Gasteiger partial charge in [-0.05, 0) is 48.9 Å². The molecule has 1 N–H and O–H groups in total. The summed E-state index contributed by atoms with van der Waals surface area (Å²) in [5.74, 6) is 0.708. The Bertz CT molecular complexity index is 1010. The van der Waals surface area contributed by atoms with Crippen LogP contribution in [0.4, 0.5) is 4.39 Å². The van der Waals surface area contributed by atoms with Crippen LogP contribution in [0, 0.1) is 5.82 Å². The number of halogens is 1. The van der Waals surface area contributed by atoms with Crippen molar-refractivity contribution < 1.29 is 23.4 Å². The Morgan fingerprint density at radius 3 is 2.30 bits per heavy atom. The number of rotatable bonds is 6. The molecule has 0 aliphatic rings.